The summed E-state index contributed by atoms with van der Waals surface area (Å²) in [6, 6.07) is -0.345. The van der Waals surface area contributed by atoms with Gasteiger partial charge in [-0.2, -0.15) is 0 Å². The predicted octanol–water partition coefficient (Wildman–Crippen LogP) is -0.123. The van der Waals surface area contributed by atoms with Crippen LogP contribution in [-0.2, 0) is 4.79 Å². The van der Waals surface area contributed by atoms with Gasteiger partial charge in [0.25, 0.3) is 0 Å². The van der Waals surface area contributed by atoms with Gasteiger partial charge in [-0.3, -0.25) is 0 Å². The molecule has 1 atom stereocenters. The molecule has 3 N–H and O–H groups in total. The quantitative estimate of drug-likeness (QED) is 0.543. The number of carbonyl (C=O) groups excluding carboxylic acids is 1. The molecular weight excluding hydrogens is 224 g/mol. The molecule has 0 bridgehead atoms. The van der Waals surface area contributed by atoms with Crippen LogP contribution < -0.4 is 5.32 Å². The summed E-state index contributed by atoms with van der Waals surface area (Å²) in [6.07, 6.45) is 4.42. The highest BCUT2D eigenvalue weighted by atomic mass is 16.4. The summed E-state index contributed by atoms with van der Waals surface area (Å²) >= 11 is 0. The second kappa shape index (κ2) is 8.42. The number of urea groups is 1. The van der Waals surface area contributed by atoms with Crippen molar-refractivity contribution in [1.29, 1.82) is 0 Å². The van der Waals surface area contributed by atoms with Gasteiger partial charge in [0.05, 0.1) is 6.54 Å². The number of rotatable bonds is 7. The van der Waals surface area contributed by atoms with Crippen LogP contribution in [0.1, 0.15) is 19.8 Å². The first-order chi connectivity index (χ1) is 8.02. The number of hydrogen-bond acceptors (Lipinski definition) is 3. The van der Waals surface area contributed by atoms with E-state index in [1.165, 1.54) is 4.90 Å². The van der Waals surface area contributed by atoms with E-state index in [4.69, 9.17) is 16.6 Å². The zero-order valence-corrected chi connectivity index (χ0v) is 9.85. The van der Waals surface area contributed by atoms with E-state index in [-0.39, 0.29) is 25.5 Å². The van der Waals surface area contributed by atoms with Crippen LogP contribution in [0, 0.1) is 12.3 Å². The van der Waals surface area contributed by atoms with E-state index in [0.29, 0.717) is 6.54 Å². The molecule has 0 unspecified atom stereocenters. The summed E-state index contributed by atoms with van der Waals surface area (Å²) < 4.78 is 0. The van der Waals surface area contributed by atoms with Crippen LogP contribution in [0.5, 0.6) is 0 Å². The van der Waals surface area contributed by atoms with Gasteiger partial charge >= 0.3 is 12.0 Å². The molecule has 0 spiro atoms. The van der Waals surface area contributed by atoms with Gasteiger partial charge in [-0.05, 0) is 6.42 Å². The summed E-state index contributed by atoms with van der Waals surface area (Å²) in [6.45, 7) is 2.76. The Kier molecular flexibility index (Phi) is 7.55. The molecule has 0 fully saturated rings. The average Bonchev–Trinajstić information content (AvgIpc) is 2.28. The average molecular weight is 242 g/mol. The van der Waals surface area contributed by atoms with Gasteiger partial charge in [0.15, 0.2) is 6.10 Å². The van der Waals surface area contributed by atoms with Gasteiger partial charge in [0, 0.05) is 19.5 Å². The number of nitrogens with zero attached hydrogens (tertiary/aromatic N) is 1. The van der Waals surface area contributed by atoms with Gasteiger partial charge in [-0.1, -0.05) is 12.8 Å². The van der Waals surface area contributed by atoms with Crippen LogP contribution in [0.15, 0.2) is 0 Å². The zero-order chi connectivity index (χ0) is 13.3. The standard InChI is InChI=1S/C11H18N2O4/c1-3-7-13(8-4-2)11(17)12-6-5-9(14)10(15)16/h1,9,14H,4-8H2,2H3,(H,12,17)(H,15,16)/t9-/m0/s1. The SMILES string of the molecule is C#CCN(CCC)C(=O)NCC[C@H](O)C(=O)O. The Hall–Kier alpha value is -1.74. The molecule has 0 aliphatic rings. The van der Waals surface area contributed by atoms with E-state index in [0.717, 1.165) is 6.42 Å². The second-order valence-corrected chi connectivity index (χ2v) is 3.50. The van der Waals surface area contributed by atoms with Crippen molar-refractivity contribution in [2.24, 2.45) is 0 Å². The Morgan fingerprint density at radius 2 is 2.18 bits per heavy atom. The smallest absolute Gasteiger partial charge is 0.332 e. The maximum absolute atomic E-state index is 11.6. The molecule has 96 valence electrons. The number of aliphatic carboxylic acids is 1. The van der Waals surface area contributed by atoms with Crippen molar-refractivity contribution < 1.29 is 19.8 Å². The summed E-state index contributed by atoms with van der Waals surface area (Å²) in [5, 5.41) is 19.9. The van der Waals surface area contributed by atoms with E-state index in [1.807, 2.05) is 6.92 Å². The van der Waals surface area contributed by atoms with Gasteiger partial charge in [-0.25, -0.2) is 9.59 Å². The molecule has 0 rings (SSSR count). The molecule has 6 heteroatoms. The molecule has 0 radical (unpaired) electrons. The molecule has 0 saturated carbocycles. The minimum atomic E-state index is -1.46. The summed E-state index contributed by atoms with van der Waals surface area (Å²) in [5.74, 6) is 1.07. The normalized spacial score (nSPS) is 11.4. The maximum Gasteiger partial charge on any atom is 0.332 e. The lowest BCUT2D eigenvalue weighted by atomic mass is 10.2. The molecule has 0 aromatic rings. The molecule has 17 heavy (non-hydrogen) atoms. The zero-order valence-electron chi connectivity index (χ0n) is 9.85. The Labute approximate surface area is 101 Å². The van der Waals surface area contributed by atoms with E-state index in [9.17, 15) is 9.59 Å². The van der Waals surface area contributed by atoms with E-state index in [2.05, 4.69) is 11.2 Å². The first kappa shape index (κ1) is 15.3. The number of nitrogens with one attached hydrogen (secondary N) is 1. The third kappa shape index (κ3) is 6.43. The molecule has 2 amide bonds. The van der Waals surface area contributed by atoms with Crippen LogP contribution >= 0.6 is 0 Å². The molecule has 0 aliphatic carbocycles. The van der Waals surface area contributed by atoms with Crippen molar-refractivity contribution in [2.45, 2.75) is 25.9 Å². The van der Waals surface area contributed by atoms with Gasteiger partial charge < -0.3 is 20.4 Å². The van der Waals surface area contributed by atoms with Crippen molar-refractivity contribution in [3.05, 3.63) is 0 Å². The van der Waals surface area contributed by atoms with E-state index in [1.54, 1.807) is 0 Å². The van der Waals surface area contributed by atoms with Crippen LogP contribution in [0.25, 0.3) is 0 Å². The number of carbonyl (C=O) groups is 2. The number of aliphatic hydroxyl groups is 1. The predicted molar refractivity (Wildman–Crippen MR) is 62.4 cm³/mol. The minimum Gasteiger partial charge on any atom is -0.479 e. The Bertz CT molecular complexity index is 298. The van der Waals surface area contributed by atoms with Gasteiger partial charge in [0.1, 0.15) is 0 Å². The largest absolute Gasteiger partial charge is 0.479 e. The maximum atomic E-state index is 11.6. The topological polar surface area (TPSA) is 89.9 Å². The van der Waals surface area contributed by atoms with Crippen LogP contribution in [-0.4, -0.2) is 52.9 Å². The molecule has 0 heterocycles. The monoisotopic (exact) mass is 242 g/mol. The fraction of sp³-hybridized carbons (Fsp3) is 0.636. The lowest BCUT2D eigenvalue weighted by Crippen LogP contribution is -2.42. The molecule has 0 aromatic carbocycles. The van der Waals surface area contributed by atoms with Crippen LogP contribution in [0.4, 0.5) is 4.79 Å². The van der Waals surface area contributed by atoms with E-state index < -0.39 is 12.1 Å². The number of carboxylic acid groups (broad SMARTS) is 1. The number of carboxylic acids is 1. The summed E-state index contributed by atoms with van der Waals surface area (Å²) in [4.78, 5) is 23.3. The molecule has 0 aliphatic heterocycles. The van der Waals surface area contributed by atoms with Crippen LogP contribution in [0.2, 0.25) is 0 Å². The van der Waals surface area contributed by atoms with E-state index >= 15 is 0 Å². The second-order valence-electron chi connectivity index (χ2n) is 3.50. The number of amides is 2. The highest BCUT2D eigenvalue weighted by Crippen LogP contribution is 1.94. The molecule has 0 saturated heterocycles. The highest BCUT2D eigenvalue weighted by Gasteiger charge is 2.14. The third-order valence-corrected chi connectivity index (χ3v) is 2.04. The fourth-order valence-electron chi connectivity index (χ4n) is 1.18. The Balaban J connectivity index is 3.98. The lowest BCUT2D eigenvalue weighted by molar-refractivity contribution is -0.146. The number of terminal acetylenes is 1. The number of aliphatic hydroxyl groups excluding tert-OH is 1. The minimum absolute atomic E-state index is 0.0307. The molecule has 0 aromatic heterocycles. The molecule has 6 nitrogen and oxygen atoms in total. The third-order valence-electron chi connectivity index (χ3n) is 2.04. The molecular formula is C11H18N2O4. The van der Waals surface area contributed by atoms with Crippen molar-refractivity contribution in [3.8, 4) is 12.3 Å². The van der Waals surface area contributed by atoms with Crippen molar-refractivity contribution in [3.63, 3.8) is 0 Å². The fourth-order valence-corrected chi connectivity index (χ4v) is 1.18. The summed E-state index contributed by atoms with van der Waals surface area (Å²) in [7, 11) is 0. The van der Waals surface area contributed by atoms with Gasteiger partial charge in [0.2, 0.25) is 0 Å². The summed E-state index contributed by atoms with van der Waals surface area (Å²) in [5.41, 5.74) is 0. The van der Waals surface area contributed by atoms with Crippen LogP contribution in [0.3, 0.4) is 0 Å². The lowest BCUT2D eigenvalue weighted by Gasteiger charge is -2.20. The van der Waals surface area contributed by atoms with Crippen molar-refractivity contribution in [1.82, 2.24) is 10.2 Å². The highest BCUT2D eigenvalue weighted by molar-refractivity contribution is 5.75. The van der Waals surface area contributed by atoms with Gasteiger partial charge in [-0.15, -0.1) is 6.42 Å². The first-order valence-electron chi connectivity index (χ1n) is 5.40. The van der Waals surface area contributed by atoms with Crippen molar-refractivity contribution in [2.75, 3.05) is 19.6 Å². The Morgan fingerprint density at radius 1 is 1.53 bits per heavy atom. The van der Waals surface area contributed by atoms with Crippen molar-refractivity contribution >= 4 is 12.0 Å². The number of hydrogen-bond donors (Lipinski definition) is 3. The Morgan fingerprint density at radius 3 is 2.65 bits per heavy atom. The first-order valence-corrected chi connectivity index (χ1v) is 5.40.